The minimum atomic E-state index is -1.01. The van der Waals surface area contributed by atoms with Crippen LogP contribution in [0.25, 0.3) is 0 Å². The molecular weight excluding hydrogens is 323 g/mol. The maximum Gasteiger partial charge on any atom is 0.136 e. The van der Waals surface area contributed by atoms with Crippen LogP contribution in [0.15, 0.2) is 54.6 Å². The smallest absolute Gasteiger partial charge is 0.136 e. The largest absolute Gasteiger partial charge is 0.299 e. The molecule has 2 aromatic rings. The first-order chi connectivity index (χ1) is 12.6. The lowest BCUT2D eigenvalue weighted by Gasteiger charge is -2.20. The first-order valence-electron chi connectivity index (χ1n) is 9.46. The molecule has 0 saturated heterocycles. The highest BCUT2D eigenvalue weighted by Crippen LogP contribution is 2.49. The fraction of sp³-hybridized carbons (Fsp3) is 0.435. The van der Waals surface area contributed by atoms with Crippen molar-refractivity contribution in [3.05, 3.63) is 71.3 Å². The summed E-state index contributed by atoms with van der Waals surface area (Å²) in [5.74, 6) is 0. The highest BCUT2D eigenvalue weighted by atomic mass is 19.1. The number of benzene rings is 2. The molecule has 0 N–H and O–H groups in total. The van der Waals surface area contributed by atoms with Crippen LogP contribution < -0.4 is 0 Å². The summed E-state index contributed by atoms with van der Waals surface area (Å²) < 4.78 is 14.0. The van der Waals surface area contributed by atoms with Gasteiger partial charge >= 0.3 is 0 Å². The summed E-state index contributed by atoms with van der Waals surface area (Å²) in [6, 6.07) is 20.5. The Kier molecular flexibility index (Phi) is 7.81. The van der Waals surface area contributed by atoms with Crippen molar-refractivity contribution in [2.75, 3.05) is 13.1 Å². The third-order valence-electron chi connectivity index (χ3n) is 4.80. The molecule has 3 heteroatoms. The second kappa shape index (κ2) is 10.1. The standard InChI is InChI=1S/C21H26FN.C2H3N/c1-2-23(17-19-7-4-3-5-8-19)16-6-9-18-10-12-20(13-11-18)21(22)14-15-21;1-2-3/h3-5,7-8,10-13H,2,6,9,14-17H2,1H3;1H3. The molecule has 0 aromatic heterocycles. The molecule has 0 unspecified atom stereocenters. The molecule has 3 rings (SSSR count). The lowest BCUT2D eigenvalue weighted by Crippen LogP contribution is -2.24. The highest BCUT2D eigenvalue weighted by Gasteiger charge is 2.44. The van der Waals surface area contributed by atoms with Gasteiger partial charge in [0.15, 0.2) is 0 Å². The van der Waals surface area contributed by atoms with Crippen LogP contribution >= 0.6 is 0 Å². The molecule has 1 aliphatic carbocycles. The molecular formula is C23H29FN2. The van der Waals surface area contributed by atoms with Gasteiger partial charge in [0.25, 0.3) is 0 Å². The lowest BCUT2D eigenvalue weighted by molar-refractivity contribution is 0.276. The Morgan fingerprint density at radius 2 is 1.65 bits per heavy atom. The molecule has 0 spiro atoms. The van der Waals surface area contributed by atoms with Crippen LogP contribution in [0.3, 0.4) is 0 Å². The van der Waals surface area contributed by atoms with Crippen LogP contribution in [0.5, 0.6) is 0 Å². The van der Waals surface area contributed by atoms with Crippen LogP contribution in [0, 0.1) is 11.3 Å². The Hall–Kier alpha value is -2.18. The maximum atomic E-state index is 14.0. The molecule has 2 nitrogen and oxygen atoms in total. The SMILES string of the molecule is CC#N.CCN(CCCc1ccc(C2(F)CC2)cc1)Cc1ccccc1. The molecule has 0 aliphatic heterocycles. The first-order valence-corrected chi connectivity index (χ1v) is 9.46. The average Bonchev–Trinajstić information content (AvgIpc) is 3.41. The predicted molar refractivity (Wildman–Crippen MR) is 105 cm³/mol. The van der Waals surface area contributed by atoms with Crippen LogP contribution in [0.1, 0.15) is 49.8 Å². The second-order valence-electron chi connectivity index (χ2n) is 6.84. The monoisotopic (exact) mass is 352 g/mol. The van der Waals surface area contributed by atoms with Crippen LogP contribution in [0.4, 0.5) is 4.39 Å². The zero-order chi connectivity index (χ0) is 18.8. The first kappa shape index (κ1) is 20.1. The number of rotatable bonds is 8. The van der Waals surface area contributed by atoms with Gasteiger partial charge in [0.2, 0.25) is 0 Å². The van der Waals surface area contributed by atoms with Gasteiger partial charge in [-0.05, 0) is 55.5 Å². The van der Waals surface area contributed by atoms with E-state index in [1.54, 1.807) is 6.07 Å². The molecule has 0 bridgehead atoms. The molecule has 1 saturated carbocycles. The van der Waals surface area contributed by atoms with Crippen LogP contribution in [-0.2, 0) is 18.6 Å². The lowest BCUT2D eigenvalue weighted by atomic mass is 10.0. The quantitative estimate of drug-likeness (QED) is 0.615. The summed E-state index contributed by atoms with van der Waals surface area (Å²) in [7, 11) is 0. The molecule has 0 radical (unpaired) electrons. The van der Waals surface area contributed by atoms with Gasteiger partial charge in [-0.1, -0.05) is 61.5 Å². The molecule has 2 aromatic carbocycles. The third-order valence-corrected chi connectivity index (χ3v) is 4.80. The molecule has 0 heterocycles. The van der Waals surface area contributed by atoms with Crippen molar-refractivity contribution in [1.29, 1.82) is 5.26 Å². The van der Waals surface area contributed by atoms with E-state index in [4.69, 9.17) is 5.26 Å². The number of nitriles is 1. The van der Waals surface area contributed by atoms with Crippen molar-refractivity contribution in [1.82, 2.24) is 4.90 Å². The number of hydrogen-bond acceptors (Lipinski definition) is 2. The number of hydrogen-bond donors (Lipinski definition) is 0. The van der Waals surface area contributed by atoms with Crippen molar-refractivity contribution < 1.29 is 4.39 Å². The van der Waals surface area contributed by atoms with Crippen molar-refractivity contribution in [2.45, 2.75) is 51.7 Å². The predicted octanol–water partition coefficient (Wildman–Crippen LogP) is 5.63. The minimum Gasteiger partial charge on any atom is -0.299 e. The normalized spacial score (nSPS) is 14.3. The molecule has 26 heavy (non-hydrogen) atoms. The van der Waals surface area contributed by atoms with Gasteiger partial charge in [0.1, 0.15) is 5.67 Å². The summed E-state index contributed by atoms with van der Waals surface area (Å²) in [6.07, 6.45) is 3.58. The van der Waals surface area contributed by atoms with E-state index in [1.807, 2.05) is 12.1 Å². The number of nitrogens with zero attached hydrogens (tertiary/aromatic N) is 2. The van der Waals surface area contributed by atoms with E-state index >= 15 is 0 Å². The molecule has 1 aliphatic rings. The second-order valence-corrected chi connectivity index (χ2v) is 6.84. The number of halogens is 1. The van der Waals surface area contributed by atoms with Gasteiger partial charge in [-0.25, -0.2) is 4.39 Å². The molecule has 1 fully saturated rings. The molecule has 138 valence electrons. The Bertz CT molecular complexity index is 684. The van der Waals surface area contributed by atoms with Crippen molar-refractivity contribution in [2.24, 2.45) is 0 Å². The fourth-order valence-electron chi connectivity index (χ4n) is 3.07. The van der Waals surface area contributed by atoms with Crippen molar-refractivity contribution in [3.8, 4) is 6.07 Å². The Balaban J connectivity index is 0.000000758. The van der Waals surface area contributed by atoms with Gasteiger partial charge in [-0.3, -0.25) is 4.90 Å². The van der Waals surface area contributed by atoms with E-state index in [0.717, 1.165) is 38.0 Å². The third kappa shape index (κ3) is 6.28. The topological polar surface area (TPSA) is 27.0 Å². The van der Waals surface area contributed by atoms with Gasteiger partial charge < -0.3 is 0 Å². The summed E-state index contributed by atoms with van der Waals surface area (Å²) in [5.41, 5.74) is 2.54. The summed E-state index contributed by atoms with van der Waals surface area (Å²) in [5, 5.41) is 7.32. The molecule has 0 atom stereocenters. The fourth-order valence-corrected chi connectivity index (χ4v) is 3.07. The van der Waals surface area contributed by atoms with Gasteiger partial charge in [-0.15, -0.1) is 0 Å². The van der Waals surface area contributed by atoms with E-state index < -0.39 is 5.67 Å². The Morgan fingerprint density at radius 1 is 1.04 bits per heavy atom. The van der Waals surface area contributed by atoms with E-state index in [-0.39, 0.29) is 0 Å². The Labute approximate surface area is 157 Å². The minimum absolute atomic E-state index is 0.692. The van der Waals surface area contributed by atoms with Crippen LogP contribution in [0.2, 0.25) is 0 Å². The van der Waals surface area contributed by atoms with Gasteiger partial charge in [-0.2, -0.15) is 5.26 Å². The summed E-state index contributed by atoms with van der Waals surface area (Å²) in [6.45, 7) is 6.83. The summed E-state index contributed by atoms with van der Waals surface area (Å²) >= 11 is 0. The number of aryl methyl sites for hydroxylation is 1. The van der Waals surface area contributed by atoms with E-state index in [9.17, 15) is 4.39 Å². The van der Waals surface area contributed by atoms with Crippen molar-refractivity contribution in [3.63, 3.8) is 0 Å². The van der Waals surface area contributed by atoms with E-state index in [0.29, 0.717) is 12.8 Å². The maximum absolute atomic E-state index is 14.0. The van der Waals surface area contributed by atoms with E-state index in [1.165, 1.54) is 18.1 Å². The van der Waals surface area contributed by atoms with Crippen LogP contribution in [-0.4, -0.2) is 18.0 Å². The van der Waals surface area contributed by atoms with Gasteiger partial charge in [0, 0.05) is 13.5 Å². The van der Waals surface area contributed by atoms with Gasteiger partial charge in [0.05, 0.1) is 6.07 Å². The van der Waals surface area contributed by atoms with E-state index in [2.05, 4.69) is 54.3 Å². The molecule has 0 amide bonds. The number of alkyl halides is 1. The zero-order valence-corrected chi connectivity index (χ0v) is 15.9. The Morgan fingerprint density at radius 3 is 2.19 bits per heavy atom. The zero-order valence-electron chi connectivity index (χ0n) is 15.9. The average molecular weight is 352 g/mol. The highest BCUT2D eigenvalue weighted by molar-refractivity contribution is 5.30. The summed E-state index contributed by atoms with van der Waals surface area (Å²) in [4.78, 5) is 2.48. The van der Waals surface area contributed by atoms with Crippen molar-refractivity contribution >= 4 is 0 Å².